The molecule has 6 nitrogen and oxygen atoms in total. The number of halogens is 1. The van der Waals surface area contributed by atoms with Crippen LogP contribution in [0.2, 0.25) is 19.6 Å². The Labute approximate surface area is 175 Å². The van der Waals surface area contributed by atoms with Crippen LogP contribution in [0, 0.1) is 5.92 Å². The Bertz CT molecular complexity index is 933. The topological polar surface area (TPSA) is 66.8 Å². The molecule has 0 saturated carbocycles. The summed E-state index contributed by atoms with van der Waals surface area (Å²) in [5.41, 5.74) is 0.330. The van der Waals surface area contributed by atoms with Crippen molar-refractivity contribution in [2.45, 2.75) is 39.5 Å². The first-order valence-corrected chi connectivity index (χ1v) is 13.3. The highest BCUT2D eigenvalue weighted by atomic mass is 79.9. The van der Waals surface area contributed by atoms with Gasteiger partial charge in [-0.1, -0.05) is 13.8 Å². The van der Waals surface area contributed by atoms with E-state index in [0.717, 1.165) is 0 Å². The van der Waals surface area contributed by atoms with Gasteiger partial charge in [0.25, 0.3) is 0 Å². The second kappa shape index (κ2) is 8.80. The Morgan fingerprint density at radius 1 is 1.21 bits per heavy atom. The summed E-state index contributed by atoms with van der Waals surface area (Å²) in [6.45, 7) is 11.1. The molecule has 0 unspecified atom stereocenters. The molecule has 2 aromatic rings. The van der Waals surface area contributed by atoms with Crippen LogP contribution in [0.5, 0.6) is 5.75 Å². The van der Waals surface area contributed by atoms with E-state index < -0.39 is 14.3 Å². The highest BCUT2D eigenvalue weighted by Crippen LogP contribution is 2.32. The number of nitrogens with zero attached hydrogens (tertiary/aromatic N) is 1. The number of hydrogen-bond acceptors (Lipinski definition) is 5. The minimum Gasteiger partial charge on any atom is -0.495 e. The minimum atomic E-state index is -1.75. The summed E-state index contributed by atoms with van der Waals surface area (Å²) < 4.78 is 19.0. The standard InChI is InChI=1S/C20H28BrNO5Si/c1-12(2)17(11-27-28(5,6)7)22-10-14(20(24)26-4)19(23)13-8-15(21)18(25-3)9-16(13)22/h8-10,12,17H,11H2,1-7H3/t17-/m0/s1. The Morgan fingerprint density at radius 2 is 1.86 bits per heavy atom. The number of rotatable bonds is 7. The van der Waals surface area contributed by atoms with Gasteiger partial charge in [0.2, 0.25) is 5.43 Å². The molecule has 1 aromatic carbocycles. The predicted octanol–water partition coefficient (Wildman–Crippen LogP) is 4.61. The molecule has 154 valence electrons. The smallest absolute Gasteiger partial charge is 0.343 e. The van der Waals surface area contributed by atoms with Crippen molar-refractivity contribution in [3.8, 4) is 5.75 Å². The van der Waals surface area contributed by atoms with E-state index in [4.69, 9.17) is 13.9 Å². The molecule has 0 bridgehead atoms. The van der Waals surface area contributed by atoms with Crippen molar-refractivity contribution in [2.24, 2.45) is 5.92 Å². The van der Waals surface area contributed by atoms with Crippen LogP contribution < -0.4 is 10.2 Å². The van der Waals surface area contributed by atoms with Crippen molar-refractivity contribution in [1.29, 1.82) is 0 Å². The van der Waals surface area contributed by atoms with Gasteiger partial charge in [0, 0.05) is 17.6 Å². The van der Waals surface area contributed by atoms with E-state index in [-0.39, 0.29) is 23.0 Å². The normalized spacial score (nSPS) is 13.0. The van der Waals surface area contributed by atoms with Crippen LogP contribution in [0.15, 0.2) is 27.6 Å². The Hall–Kier alpha value is -1.64. The first-order valence-electron chi connectivity index (χ1n) is 9.14. The Kier molecular flexibility index (Phi) is 7.11. The van der Waals surface area contributed by atoms with Gasteiger partial charge in [0.05, 0.1) is 36.9 Å². The minimum absolute atomic E-state index is 0.00530. The van der Waals surface area contributed by atoms with Crippen molar-refractivity contribution < 1.29 is 18.7 Å². The third-order valence-electron chi connectivity index (χ3n) is 4.52. The molecule has 2 rings (SSSR count). The summed E-state index contributed by atoms with van der Waals surface area (Å²) >= 11 is 3.43. The summed E-state index contributed by atoms with van der Waals surface area (Å²) in [6.07, 6.45) is 1.59. The van der Waals surface area contributed by atoms with Crippen LogP contribution in [0.4, 0.5) is 0 Å². The molecular formula is C20H28BrNO5Si. The van der Waals surface area contributed by atoms with Gasteiger partial charge in [-0.05, 0) is 47.6 Å². The van der Waals surface area contributed by atoms with E-state index in [1.54, 1.807) is 19.4 Å². The molecule has 8 heteroatoms. The quantitative estimate of drug-likeness (QED) is 0.437. The van der Waals surface area contributed by atoms with Crippen LogP contribution in [0.25, 0.3) is 10.9 Å². The van der Waals surface area contributed by atoms with E-state index in [0.29, 0.717) is 27.7 Å². The van der Waals surface area contributed by atoms with E-state index in [1.165, 1.54) is 7.11 Å². The van der Waals surface area contributed by atoms with E-state index in [9.17, 15) is 9.59 Å². The highest BCUT2D eigenvalue weighted by Gasteiger charge is 2.25. The van der Waals surface area contributed by atoms with Crippen molar-refractivity contribution in [2.75, 3.05) is 20.8 Å². The number of hydrogen-bond donors (Lipinski definition) is 0. The maximum Gasteiger partial charge on any atom is 0.343 e. The summed E-state index contributed by atoms with van der Waals surface area (Å²) in [4.78, 5) is 25.2. The molecule has 0 saturated heterocycles. The molecule has 0 spiro atoms. The number of fused-ring (bicyclic) bond motifs is 1. The van der Waals surface area contributed by atoms with Gasteiger partial charge >= 0.3 is 5.97 Å². The lowest BCUT2D eigenvalue weighted by Crippen LogP contribution is -2.32. The molecule has 0 aliphatic rings. The van der Waals surface area contributed by atoms with Gasteiger partial charge in [0.15, 0.2) is 8.32 Å². The number of benzene rings is 1. The maximum atomic E-state index is 12.9. The van der Waals surface area contributed by atoms with Crippen LogP contribution in [-0.2, 0) is 9.16 Å². The molecule has 0 radical (unpaired) electrons. The maximum absolute atomic E-state index is 12.9. The molecule has 0 fully saturated rings. The number of carbonyl (C=O) groups excluding carboxylic acids is 1. The molecular weight excluding hydrogens is 442 g/mol. The zero-order valence-electron chi connectivity index (χ0n) is 17.5. The van der Waals surface area contributed by atoms with Crippen LogP contribution in [-0.4, -0.2) is 39.7 Å². The fourth-order valence-electron chi connectivity index (χ4n) is 2.97. The van der Waals surface area contributed by atoms with Gasteiger partial charge in [0.1, 0.15) is 11.3 Å². The van der Waals surface area contributed by atoms with Crippen LogP contribution in [0.3, 0.4) is 0 Å². The Morgan fingerprint density at radius 3 is 2.36 bits per heavy atom. The molecule has 0 aliphatic heterocycles. The molecule has 1 heterocycles. The second-order valence-electron chi connectivity index (χ2n) is 8.01. The fourth-order valence-corrected chi connectivity index (χ4v) is 4.14. The number of carbonyl (C=O) groups is 1. The Balaban J connectivity index is 2.81. The number of esters is 1. The highest BCUT2D eigenvalue weighted by molar-refractivity contribution is 9.10. The van der Waals surface area contributed by atoms with Gasteiger partial charge in [-0.25, -0.2) is 4.79 Å². The number of methoxy groups -OCH3 is 2. The van der Waals surface area contributed by atoms with Crippen LogP contribution >= 0.6 is 15.9 Å². The molecule has 0 N–H and O–H groups in total. The SMILES string of the molecule is COC(=O)c1cn([C@@H](CO[Si](C)(C)C)C(C)C)c2cc(OC)c(Br)cc2c1=O. The third-order valence-corrected chi connectivity index (χ3v) is 6.18. The third kappa shape index (κ3) is 4.85. The van der Waals surface area contributed by atoms with Gasteiger partial charge in [-0.15, -0.1) is 0 Å². The average molecular weight is 470 g/mol. The lowest BCUT2D eigenvalue weighted by molar-refractivity contribution is 0.0598. The number of ether oxygens (including phenoxy) is 2. The molecule has 0 aliphatic carbocycles. The summed E-state index contributed by atoms with van der Waals surface area (Å²) in [6, 6.07) is 3.44. The average Bonchev–Trinajstić information content (AvgIpc) is 2.61. The van der Waals surface area contributed by atoms with Crippen molar-refractivity contribution in [3.05, 3.63) is 38.6 Å². The van der Waals surface area contributed by atoms with Gasteiger partial charge in [-0.3, -0.25) is 4.79 Å². The number of pyridine rings is 1. The molecule has 0 amide bonds. The fraction of sp³-hybridized carbons (Fsp3) is 0.500. The zero-order valence-corrected chi connectivity index (χ0v) is 20.0. The van der Waals surface area contributed by atoms with E-state index in [2.05, 4.69) is 49.4 Å². The predicted molar refractivity (Wildman–Crippen MR) is 117 cm³/mol. The monoisotopic (exact) mass is 469 g/mol. The molecule has 28 heavy (non-hydrogen) atoms. The summed E-state index contributed by atoms with van der Waals surface area (Å²) in [7, 11) is 1.10. The summed E-state index contributed by atoms with van der Waals surface area (Å²) in [5.74, 6) is 0.170. The first-order chi connectivity index (χ1) is 13.0. The van der Waals surface area contributed by atoms with Crippen molar-refractivity contribution in [3.63, 3.8) is 0 Å². The van der Waals surface area contributed by atoms with Crippen molar-refractivity contribution >= 4 is 41.1 Å². The second-order valence-corrected chi connectivity index (χ2v) is 13.4. The lowest BCUT2D eigenvalue weighted by Gasteiger charge is -2.29. The largest absolute Gasteiger partial charge is 0.495 e. The zero-order chi connectivity index (χ0) is 21.2. The molecule has 1 atom stereocenters. The van der Waals surface area contributed by atoms with E-state index >= 15 is 0 Å². The van der Waals surface area contributed by atoms with Gasteiger partial charge < -0.3 is 18.5 Å². The first kappa shape index (κ1) is 22.6. The lowest BCUT2D eigenvalue weighted by atomic mass is 10.0. The molecule has 1 aromatic heterocycles. The van der Waals surface area contributed by atoms with Gasteiger partial charge in [-0.2, -0.15) is 0 Å². The number of aromatic nitrogens is 1. The van der Waals surface area contributed by atoms with E-state index in [1.807, 2.05) is 10.6 Å². The van der Waals surface area contributed by atoms with Crippen LogP contribution in [0.1, 0.15) is 30.2 Å². The summed E-state index contributed by atoms with van der Waals surface area (Å²) in [5, 5.41) is 0.425. The van der Waals surface area contributed by atoms with Crippen molar-refractivity contribution in [1.82, 2.24) is 4.57 Å².